The van der Waals surface area contributed by atoms with Gasteiger partial charge in [-0.15, -0.1) is 0 Å². The minimum atomic E-state index is -0.177. The molecule has 2 aliphatic heterocycles. The van der Waals surface area contributed by atoms with Gasteiger partial charge in [-0.25, -0.2) is 4.98 Å². The summed E-state index contributed by atoms with van der Waals surface area (Å²) in [6.45, 7) is 3.40. The fourth-order valence-corrected chi connectivity index (χ4v) is 4.50. The summed E-state index contributed by atoms with van der Waals surface area (Å²) in [6.07, 6.45) is 8.88. The summed E-state index contributed by atoms with van der Waals surface area (Å²) in [7, 11) is 0. The molecule has 6 heteroatoms. The van der Waals surface area contributed by atoms with Crippen LogP contribution in [-0.2, 0) is 22.6 Å². The molecule has 3 aliphatic rings. The average molecular weight is 330 g/mol. The molecule has 2 atom stereocenters. The normalized spacial score (nSPS) is 27.5. The summed E-state index contributed by atoms with van der Waals surface area (Å²) >= 11 is 0. The number of imidazole rings is 1. The Hall–Kier alpha value is -1.85. The molecule has 0 radical (unpaired) electrons. The second-order valence-corrected chi connectivity index (χ2v) is 7.58. The topological polar surface area (TPSA) is 67.2 Å². The molecule has 0 bridgehead atoms. The molecule has 6 nitrogen and oxygen atoms in total. The largest absolute Gasteiger partial charge is 0.351 e. The number of aromatic nitrogens is 2. The van der Waals surface area contributed by atoms with Gasteiger partial charge < -0.3 is 14.8 Å². The van der Waals surface area contributed by atoms with E-state index in [1.54, 1.807) is 0 Å². The quantitative estimate of drug-likeness (QED) is 0.911. The number of amides is 2. The van der Waals surface area contributed by atoms with Crippen molar-refractivity contribution in [2.75, 3.05) is 6.54 Å². The van der Waals surface area contributed by atoms with Gasteiger partial charge in [-0.05, 0) is 26.2 Å². The Balaban J connectivity index is 1.34. The van der Waals surface area contributed by atoms with Crippen molar-refractivity contribution in [2.45, 2.75) is 70.5 Å². The van der Waals surface area contributed by atoms with Crippen LogP contribution in [0.15, 0.2) is 6.20 Å². The van der Waals surface area contributed by atoms with Crippen molar-refractivity contribution >= 4 is 11.8 Å². The maximum absolute atomic E-state index is 12.6. The molecule has 2 fully saturated rings. The van der Waals surface area contributed by atoms with Gasteiger partial charge in [-0.3, -0.25) is 9.59 Å². The Bertz CT molecular complexity index is 647. The summed E-state index contributed by atoms with van der Waals surface area (Å²) in [5, 5.41) is 3.18. The first kappa shape index (κ1) is 15.7. The van der Waals surface area contributed by atoms with Crippen molar-refractivity contribution in [3.8, 4) is 0 Å². The summed E-state index contributed by atoms with van der Waals surface area (Å²) in [5.74, 6) is 1.15. The first-order valence-electron chi connectivity index (χ1n) is 9.22. The van der Waals surface area contributed by atoms with Crippen LogP contribution in [0, 0.1) is 12.8 Å². The first-order chi connectivity index (χ1) is 11.6. The molecule has 4 rings (SSSR count). The molecule has 1 aliphatic carbocycles. The van der Waals surface area contributed by atoms with E-state index in [1.807, 2.05) is 11.8 Å². The Kier molecular flexibility index (Phi) is 4.06. The molecule has 0 aromatic carbocycles. The van der Waals surface area contributed by atoms with Crippen LogP contribution in [0.5, 0.6) is 0 Å². The van der Waals surface area contributed by atoms with Crippen LogP contribution in [0.2, 0.25) is 0 Å². The number of rotatable bonds is 3. The van der Waals surface area contributed by atoms with E-state index < -0.39 is 0 Å². The molecule has 1 saturated carbocycles. The number of nitrogens with zero attached hydrogens (tertiary/aromatic N) is 3. The number of hydrogen-bond acceptors (Lipinski definition) is 3. The van der Waals surface area contributed by atoms with Gasteiger partial charge in [0.2, 0.25) is 11.8 Å². The molecule has 130 valence electrons. The second-order valence-electron chi connectivity index (χ2n) is 7.58. The third-order valence-electron chi connectivity index (χ3n) is 5.75. The highest BCUT2D eigenvalue weighted by molar-refractivity contribution is 5.89. The minimum absolute atomic E-state index is 0.0501. The van der Waals surface area contributed by atoms with Crippen molar-refractivity contribution in [3.63, 3.8) is 0 Å². The number of fused-ring (bicyclic) bond motifs is 1. The van der Waals surface area contributed by atoms with E-state index in [0.717, 1.165) is 43.7 Å². The van der Waals surface area contributed by atoms with Crippen molar-refractivity contribution in [1.82, 2.24) is 19.8 Å². The zero-order valence-electron chi connectivity index (χ0n) is 14.3. The average Bonchev–Trinajstić information content (AvgIpc) is 3.25. The molecule has 3 heterocycles. The van der Waals surface area contributed by atoms with Gasteiger partial charge in [-0.1, -0.05) is 12.8 Å². The van der Waals surface area contributed by atoms with Gasteiger partial charge in [0.15, 0.2) is 0 Å². The van der Waals surface area contributed by atoms with Gasteiger partial charge in [0, 0.05) is 44.2 Å². The molecular weight excluding hydrogens is 304 g/mol. The zero-order chi connectivity index (χ0) is 16.7. The Morgan fingerprint density at radius 2 is 2.04 bits per heavy atom. The summed E-state index contributed by atoms with van der Waals surface area (Å²) in [6, 6.07) is 0.524. The maximum atomic E-state index is 12.6. The molecule has 1 aromatic rings. The molecule has 2 amide bonds. The molecule has 1 aromatic heterocycles. The predicted octanol–water partition coefficient (Wildman–Crippen LogP) is 1.41. The van der Waals surface area contributed by atoms with Crippen LogP contribution in [0.1, 0.15) is 50.0 Å². The van der Waals surface area contributed by atoms with Gasteiger partial charge in [0.25, 0.3) is 0 Å². The van der Waals surface area contributed by atoms with Crippen LogP contribution in [0.4, 0.5) is 0 Å². The van der Waals surface area contributed by atoms with Crippen molar-refractivity contribution in [1.29, 1.82) is 0 Å². The highest BCUT2D eigenvalue weighted by Gasteiger charge is 2.39. The highest BCUT2D eigenvalue weighted by atomic mass is 16.2. The van der Waals surface area contributed by atoms with Crippen LogP contribution >= 0.6 is 0 Å². The second kappa shape index (κ2) is 6.22. The fraction of sp³-hybridized carbons (Fsp3) is 0.722. The van der Waals surface area contributed by atoms with E-state index >= 15 is 0 Å². The third kappa shape index (κ3) is 2.94. The van der Waals surface area contributed by atoms with Gasteiger partial charge in [0.05, 0.1) is 11.6 Å². The standard InChI is InChI=1S/C18H26N4O2/c1-12-9-21-11-14(6-7-16(21)19-12)20-18(24)13-8-17(23)22(10-13)15-4-2-3-5-15/h9,13-15H,2-8,10-11H2,1H3,(H,20,24)/t13-,14+/m0/s1. The highest BCUT2D eigenvalue weighted by Crippen LogP contribution is 2.29. The number of carbonyl (C=O) groups is 2. The Morgan fingerprint density at radius 3 is 2.83 bits per heavy atom. The lowest BCUT2D eigenvalue weighted by atomic mass is 10.0. The smallest absolute Gasteiger partial charge is 0.225 e. The predicted molar refractivity (Wildman–Crippen MR) is 89.3 cm³/mol. The molecule has 1 saturated heterocycles. The molecule has 24 heavy (non-hydrogen) atoms. The van der Waals surface area contributed by atoms with Crippen LogP contribution in [0.25, 0.3) is 0 Å². The first-order valence-corrected chi connectivity index (χ1v) is 9.22. The van der Waals surface area contributed by atoms with E-state index in [0.29, 0.717) is 19.0 Å². The van der Waals surface area contributed by atoms with E-state index in [4.69, 9.17) is 0 Å². The lowest BCUT2D eigenvalue weighted by Gasteiger charge is -2.26. The summed E-state index contributed by atoms with van der Waals surface area (Å²) in [4.78, 5) is 31.4. The minimum Gasteiger partial charge on any atom is -0.351 e. The maximum Gasteiger partial charge on any atom is 0.225 e. The van der Waals surface area contributed by atoms with E-state index in [2.05, 4.69) is 21.1 Å². The Morgan fingerprint density at radius 1 is 1.25 bits per heavy atom. The van der Waals surface area contributed by atoms with E-state index in [9.17, 15) is 9.59 Å². The number of aryl methyl sites for hydroxylation is 2. The summed E-state index contributed by atoms with van der Waals surface area (Å²) in [5.41, 5.74) is 1.03. The van der Waals surface area contributed by atoms with Gasteiger partial charge in [0.1, 0.15) is 5.82 Å². The number of likely N-dealkylation sites (tertiary alicyclic amines) is 1. The van der Waals surface area contributed by atoms with Crippen molar-refractivity contribution in [2.24, 2.45) is 5.92 Å². The van der Waals surface area contributed by atoms with Crippen LogP contribution in [-0.4, -0.2) is 44.9 Å². The van der Waals surface area contributed by atoms with Crippen molar-refractivity contribution in [3.05, 3.63) is 17.7 Å². The van der Waals surface area contributed by atoms with Gasteiger partial charge >= 0.3 is 0 Å². The van der Waals surface area contributed by atoms with Crippen molar-refractivity contribution < 1.29 is 9.59 Å². The lowest BCUT2D eigenvalue weighted by molar-refractivity contribution is -0.130. The van der Waals surface area contributed by atoms with E-state index in [1.165, 1.54) is 12.8 Å². The summed E-state index contributed by atoms with van der Waals surface area (Å²) < 4.78 is 2.15. The van der Waals surface area contributed by atoms with Crippen LogP contribution < -0.4 is 5.32 Å². The number of nitrogens with one attached hydrogen (secondary N) is 1. The SMILES string of the molecule is Cc1cn2c(n1)CC[C@@H](NC(=O)[C@H]1CC(=O)N(C3CCCC3)C1)C2. The third-order valence-corrected chi connectivity index (χ3v) is 5.75. The van der Waals surface area contributed by atoms with Crippen LogP contribution in [0.3, 0.4) is 0 Å². The zero-order valence-corrected chi connectivity index (χ0v) is 14.3. The monoisotopic (exact) mass is 330 g/mol. The fourth-order valence-electron chi connectivity index (χ4n) is 4.50. The van der Waals surface area contributed by atoms with E-state index in [-0.39, 0.29) is 23.8 Å². The molecule has 0 unspecified atom stereocenters. The van der Waals surface area contributed by atoms with Gasteiger partial charge in [-0.2, -0.15) is 0 Å². The molecular formula is C18H26N4O2. The number of carbonyl (C=O) groups excluding carboxylic acids is 2. The number of hydrogen-bond donors (Lipinski definition) is 1. The molecule has 1 N–H and O–H groups in total. The lowest BCUT2D eigenvalue weighted by Crippen LogP contribution is -2.44. The molecule has 0 spiro atoms. The Labute approximate surface area is 142 Å².